The number of aliphatic hydroxyl groups is 2. The molecule has 0 unspecified atom stereocenters. The fourth-order valence-corrected chi connectivity index (χ4v) is 4.37. The van der Waals surface area contributed by atoms with Crippen LogP contribution in [0.3, 0.4) is 0 Å². The lowest BCUT2D eigenvalue weighted by Gasteiger charge is -2.36. The summed E-state index contributed by atoms with van der Waals surface area (Å²) in [7, 11) is 0. The number of anilines is 1. The van der Waals surface area contributed by atoms with Crippen molar-refractivity contribution in [2.75, 3.05) is 44.2 Å². The molecule has 1 saturated heterocycles. The van der Waals surface area contributed by atoms with Gasteiger partial charge in [-0.3, -0.25) is 4.90 Å². The number of nitrogens with zero attached hydrogens (tertiary/aromatic N) is 2. The number of hydrogen-bond donors (Lipinski definition) is 2. The number of aliphatic hydroxyl groups excluding tert-OH is 2. The average molecular weight is 465 g/mol. The molecule has 0 spiro atoms. The highest BCUT2D eigenvalue weighted by Gasteiger charge is 2.20. The lowest BCUT2D eigenvalue weighted by atomic mass is 10.0. The molecule has 6 heteroatoms. The summed E-state index contributed by atoms with van der Waals surface area (Å²) >= 11 is 0. The Hall–Kier alpha value is -2.93. The molecule has 2 atom stereocenters. The first-order chi connectivity index (χ1) is 16.6. The largest absolute Gasteiger partial charge is 0.490 e. The second kappa shape index (κ2) is 12.0. The summed E-state index contributed by atoms with van der Waals surface area (Å²) in [5.74, 6) is 0.388. The van der Waals surface area contributed by atoms with E-state index in [9.17, 15) is 14.6 Å². The van der Waals surface area contributed by atoms with Gasteiger partial charge in [-0.2, -0.15) is 0 Å². The van der Waals surface area contributed by atoms with Gasteiger partial charge in [0.25, 0.3) is 0 Å². The van der Waals surface area contributed by atoms with Crippen LogP contribution in [0.4, 0.5) is 10.1 Å². The highest BCUT2D eigenvalue weighted by atomic mass is 19.1. The van der Waals surface area contributed by atoms with Crippen LogP contribution < -0.4 is 9.64 Å². The molecule has 3 aromatic rings. The Morgan fingerprint density at radius 2 is 1.50 bits per heavy atom. The first-order valence-corrected chi connectivity index (χ1v) is 11.9. The van der Waals surface area contributed by atoms with Crippen LogP contribution in [0.1, 0.15) is 23.7 Å². The summed E-state index contributed by atoms with van der Waals surface area (Å²) in [6.45, 7) is 3.99. The minimum absolute atomic E-state index is 0.167. The van der Waals surface area contributed by atoms with E-state index in [0.717, 1.165) is 43.9 Å². The molecule has 0 amide bonds. The minimum atomic E-state index is -0.633. The molecule has 1 aliphatic rings. The Morgan fingerprint density at radius 3 is 2.24 bits per heavy atom. The lowest BCUT2D eigenvalue weighted by molar-refractivity contribution is 0.0643. The van der Waals surface area contributed by atoms with E-state index in [4.69, 9.17) is 4.74 Å². The Balaban J connectivity index is 1.23. The molecule has 0 aromatic heterocycles. The smallest absolute Gasteiger partial charge is 0.125 e. The number of piperazine rings is 1. The molecule has 180 valence electrons. The normalized spacial score (nSPS) is 16.3. The monoisotopic (exact) mass is 464 g/mol. The summed E-state index contributed by atoms with van der Waals surface area (Å²) < 4.78 is 19.1. The van der Waals surface area contributed by atoms with E-state index in [2.05, 4.69) is 21.9 Å². The molecule has 34 heavy (non-hydrogen) atoms. The maximum Gasteiger partial charge on any atom is 0.125 e. The van der Waals surface area contributed by atoms with Gasteiger partial charge < -0.3 is 19.8 Å². The summed E-state index contributed by atoms with van der Waals surface area (Å²) in [5, 5.41) is 21.3. The van der Waals surface area contributed by atoms with Crippen molar-refractivity contribution < 1.29 is 19.3 Å². The molecule has 2 N–H and O–H groups in total. The van der Waals surface area contributed by atoms with Gasteiger partial charge in [0.15, 0.2) is 0 Å². The quantitative estimate of drug-likeness (QED) is 0.474. The Kier molecular flexibility index (Phi) is 8.52. The van der Waals surface area contributed by atoms with Crippen molar-refractivity contribution >= 4 is 5.69 Å². The van der Waals surface area contributed by atoms with Crippen molar-refractivity contribution in [3.8, 4) is 5.75 Å². The highest BCUT2D eigenvalue weighted by Crippen LogP contribution is 2.28. The number of hydrogen-bond acceptors (Lipinski definition) is 5. The number of β-amino-alcohol motifs (C(OH)–C–C–N with tert-alkyl or cyclic N) is 1. The van der Waals surface area contributed by atoms with Crippen LogP contribution in [0.15, 0.2) is 78.9 Å². The number of benzene rings is 3. The average Bonchev–Trinajstić information content (AvgIpc) is 2.88. The van der Waals surface area contributed by atoms with Crippen LogP contribution in [-0.4, -0.2) is 60.5 Å². The number of aryl methyl sites for hydroxylation is 1. The van der Waals surface area contributed by atoms with Crippen molar-refractivity contribution in [3.05, 3.63) is 95.8 Å². The minimum Gasteiger partial charge on any atom is -0.490 e. The predicted octanol–water partition coefficient (Wildman–Crippen LogP) is 4.05. The second-order valence-electron chi connectivity index (χ2n) is 8.81. The number of halogens is 1. The molecular weight excluding hydrogens is 431 g/mol. The van der Waals surface area contributed by atoms with E-state index in [1.54, 1.807) is 12.1 Å². The van der Waals surface area contributed by atoms with E-state index in [0.29, 0.717) is 18.7 Å². The van der Waals surface area contributed by atoms with Crippen LogP contribution in [0.5, 0.6) is 5.75 Å². The SMILES string of the molecule is O[C@@H](COc1ccccc1[C@H](O)CCc1ccccc1)CN1CCN(c2ccc(F)cc2)CC1. The first kappa shape index (κ1) is 24.2. The van der Waals surface area contributed by atoms with Crippen LogP contribution in [0.25, 0.3) is 0 Å². The van der Waals surface area contributed by atoms with E-state index in [-0.39, 0.29) is 12.4 Å². The van der Waals surface area contributed by atoms with Crippen LogP contribution in [-0.2, 0) is 6.42 Å². The molecular formula is C28H33FN2O3. The number of ether oxygens (including phenoxy) is 1. The maximum absolute atomic E-state index is 13.2. The van der Waals surface area contributed by atoms with Gasteiger partial charge in [0.2, 0.25) is 0 Å². The fourth-order valence-electron chi connectivity index (χ4n) is 4.37. The van der Waals surface area contributed by atoms with Crippen molar-refractivity contribution in [2.24, 2.45) is 0 Å². The molecule has 5 nitrogen and oxygen atoms in total. The van der Waals surface area contributed by atoms with Crippen molar-refractivity contribution in [1.82, 2.24) is 4.90 Å². The van der Waals surface area contributed by atoms with Gasteiger partial charge in [0.1, 0.15) is 24.3 Å². The van der Waals surface area contributed by atoms with Gasteiger partial charge in [-0.15, -0.1) is 0 Å². The van der Waals surface area contributed by atoms with Gasteiger partial charge >= 0.3 is 0 Å². The van der Waals surface area contributed by atoms with Crippen LogP contribution in [0, 0.1) is 5.82 Å². The summed E-state index contributed by atoms with van der Waals surface area (Å²) in [5.41, 5.74) is 2.96. The van der Waals surface area contributed by atoms with E-state index >= 15 is 0 Å². The van der Waals surface area contributed by atoms with Crippen molar-refractivity contribution in [2.45, 2.75) is 25.0 Å². The van der Waals surface area contributed by atoms with E-state index in [1.807, 2.05) is 42.5 Å². The van der Waals surface area contributed by atoms with E-state index < -0.39 is 12.2 Å². The predicted molar refractivity (Wildman–Crippen MR) is 133 cm³/mol. The molecule has 0 bridgehead atoms. The van der Waals surface area contributed by atoms with Crippen molar-refractivity contribution in [3.63, 3.8) is 0 Å². The molecule has 4 rings (SSSR count). The van der Waals surface area contributed by atoms with Crippen molar-refractivity contribution in [1.29, 1.82) is 0 Å². The molecule has 1 fully saturated rings. The molecule has 1 heterocycles. The zero-order valence-electron chi connectivity index (χ0n) is 19.4. The molecule has 0 radical (unpaired) electrons. The second-order valence-corrected chi connectivity index (χ2v) is 8.81. The number of rotatable bonds is 10. The van der Waals surface area contributed by atoms with Gasteiger partial charge in [-0.05, 0) is 48.7 Å². The number of para-hydroxylation sites is 1. The molecule has 1 aliphatic heterocycles. The maximum atomic E-state index is 13.2. The lowest BCUT2D eigenvalue weighted by Crippen LogP contribution is -2.49. The standard InChI is InChI=1S/C28H33FN2O3/c29-23-11-13-24(14-12-23)31-18-16-30(17-19-31)20-25(32)21-34-28-9-5-4-8-26(28)27(33)15-10-22-6-2-1-3-7-22/h1-9,11-14,25,27,32-33H,10,15-21H2/t25-,27-/m1/s1. The molecule has 0 saturated carbocycles. The Bertz CT molecular complexity index is 1010. The first-order valence-electron chi connectivity index (χ1n) is 11.9. The van der Waals surface area contributed by atoms with Gasteiger partial charge in [-0.25, -0.2) is 4.39 Å². The molecule has 0 aliphatic carbocycles. The molecule has 3 aromatic carbocycles. The van der Waals surface area contributed by atoms with Gasteiger partial charge in [0, 0.05) is 44.0 Å². The summed E-state index contributed by atoms with van der Waals surface area (Å²) in [6.07, 6.45) is 0.119. The third-order valence-electron chi connectivity index (χ3n) is 6.29. The van der Waals surface area contributed by atoms with Gasteiger partial charge in [-0.1, -0.05) is 48.5 Å². The summed E-state index contributed by atoms with van der Waals surface area (Å²) in [6, 6.07) is 24.2. The fraction of sp³-hybridized carbons (Fsp3) is 0.357. The zero-order valence-corrected chi connectivity index (χ0v) is 19.4. The zero-order chi connectivity index (χ0) is 23.8. The third-order valence-corrected chi connectivity index (χ3v) is 6.29. The Morgan fingerprint density at radius 1 is 0.824 bits per heavy atom. The van der Waals surface area contributed by atoms with Gasteiger partial charge in [0.05, 0.1) is 6.10 Å². The summed E-state index contributed by atoms with van der Waals surface area (Å²) in [4.78, 5) is 4.45. The third kappa shape index (κ3) is 6.79. The highest BCUT2D eigenvalue weighted by molar-refractivity contribution is 5.46. The van der Waals surface area contributed by atoms with Crippen LogP contribution in [0.2, 0.25) is 0 Å². The van der Waals surface area contributed by atoms with Crippen LogP contribution >= 0.6 is 0 Å². The van der Waals surface area contributed by atoms with E-state index in [1.165, 1.54) is 17.7 Å². The Labute approximate surface area is 201 Å². The topological polar surface area (TPSA) is 56.2 Å².